The zero-order chi connectivity index (χ0) is 22.7. The van der Waals surface area contributed by atoms with Crippen LogP contribution in [-0.4, -0.2) is 50.3 Å². The van der Waals surface area contributed by atoms with Gasteiger partial charge in [0.2, 0.25) is 16.0 Å². The van der Waals surface area contributed by atoms with Crippen LogP contribution in [0.4, 0.5) is 5.95 Å². The number of sulfonamides is 1. The number of methoxy groups -OCH3 is 2. The van der Waals surface area contributed by atoms with Crippen LogP contribution in [0, 0.1) is 5.92 Å². The van der Waals surface area contributed by atoms with Gasteiger partial charge in [-0.05, 0) is 49.1 Å². The van der Waals surface area contributed by atoms with Crippen molar-refractivity contribution in [3.8, 4) is 22.9 Å². The molecule has 3 aromatic rings. The highest BCUT2D eigenvalue weighted by molar-refractivity contribution is 7.89. The van der Waals surface area contributed by atoms with Crippen molar-refractivity contribution in [2.45, 2.75) is 17.7 Å². The zero-order valence-electron chi connectivity index (χ0n) is 17.6. The maximum absolute atomic E-state index is 12.7. The summed E-state index contributed by atoms with van der Waals surface area (Å²) < 4.78 is 38.1. The van der Waals surface area contributed by atoms with E-state index in [2.05, 4.69) is 25.2 Å². The van der Waals surface area contributed by atoms with Crippen molar-refractivity contribution in [1.29, 1.82) is 0 Å². The monoisotopic (exact) mass is 457 g/mol. The number of nitrogens with zero attached hydrogens (tertiary/aromatic N) is 2. The minimum absolute atomic E-state index is 0.0319. The molecular formula is C21H23N5O5S. The van der Waals surface area contributed by atoms with Crippen LogP contribution in [0.5, 0.6) is 11.5 Å². The van der Waals surface area contributed by atoms with Gasteiger partial charge in [-0.15, -0.1) is 5.10 Å². The first-order chi connectivity index (χ1) is 15.4. The van der Waals surface area contributed by atoms with Crippen LogP contribution in [0.15, 0.2) is 47.4 Å². The molecule has 0 radical (unpaired) electrons. The second-order valence-corrected chi connectivity index (χ2v) is 9.12. The third-order valence-electron chi connectivity index (χ3n) is 5.04. The molecule has 168 valence electrons. The van der Waals surface area contributed by atoms with Crippen LogP contribution < -0.4 is 19.5 Å². The average Bonchev–Trinajstić information content (AvgIpc) is 3.54. The van der Waals surface area contributed by atoms with Gasteiger partial charge in [0.15, 0.2) is 5.82 Å². The van der Waals surface area contributed by atoms with E-state index in [1.807, 2.05) is 0 Å². The number of rotatable bonds is 9. The summed E-state index contributed by atoms with van der Waals surface area (Å²) in [5, 5.41) is 9.35. The van der Waals surface area contributed by atoms with Crippen molar-refractivity contribution < 1.29 is 22.7 Å². The summed E-state index contributed by atoms with van der Waals surface area (Å²) in [4.78, 5) is 17.0. The first-order valence-corrected chi connectivity index (χ1v) is 11.4. The molecule has 1 heterocycles. The Morgan fingerprint density at radius 3 is 2.69 bits per heavy atom. The standard InChI is InChI=1S/C21H23N5O5S/c1-30-15-8-9-17(18(11-15)31-2)19-23-21(26-25-19)24-20(27)14-4-3-5-16(10-14)32(28,29)22-12-13-6-7-13/h3-5,8-11,13,22H,6-7,12H2,1-2H3,(H2,23,24,25,26,27). The summed E-state index contributed by atoms with van der Waals surface area (Å²) in [6, 6.07) is 11.0. The number of hydrogen-bond acceptors (Lipinski definition) is 7. The van der Waals surface area contributed by atoms with E-state index in [1.54, 1.807) is 25.3 Å². The number of amides is 1. The topological polar surface area (TPSA) is 135 Å². The van der Waals surface area contributed by atoms with Gasteiger partial charge < -0.3 is 9.47 Å². The lowest BCUT2D eigenvalue weighted by Crippen LogP contribution is -2.26. The summed E-state index contributed by atoms with van der Waals surface area (Å²) >= 11 is 0. The molecule has 3 N–H and O–H groups in total. The third-order valence-corrected chi connectivity index (χ3v) is 6.46. The second-order valence-electron chi connectivity index (χ2n) is 7.35. The van der Waals surface area contributed by atoms with Crippen molar-refractivity contribution in [2.24, 2.45) is 5.92 Å². The Bertz CT molecular complexity index is 1240. The number of nitrogens with one attached hydrogen (secondary N) is 3. The van der Waals surface area contributed by atoms with Crippen molar-refractivity contribution in [3.05, 3.63) is 48.0 Å². The molecule has 4 rings (SSSR count). The number of hydrogen-bond donors (Lipinski definition) is 3. The van der Waals surface area contributed by atoms with E-state index in [-0.39, 0.29) is 16.4 Å². The molecule has 0 aliphatic heterocycles. The van der Waals surface area contributed by atoms with Gasteiger partial charge in [0.1, 0.15) is 11.5 Å². The molecule has 32 heavy (non-hydrogen) atoms. The molecule has 1 aliphatic carbocycles. The highest BCUT2D eigenvalue weighted by Crippen LogP contribution is 2.31. The van der Waals surface area contributed by atoms with E-state index in [4.69, 9.17) is 9.47 Å². The number of benzene rings is 2. The molecule has 0 spiro atoms. The van der Waals surface area contributed by atoms with Gasteiger partial charge in [0, 0.05) is 18.2 Å². The predicted molar refractivity (Wildman–Crippen MR) is 117 cm³/mol. The maximum Gasteiger partial charge on any atom is 0.258 e. The number of ether oxygens (including phenoxy) is 2. The number of carbonyl (C=O) groups excluding carboxylic acids is 1. The van der Waals surface area contributed by atoms with E-state index < -0.39 is 15.9 Å². The van der Waals surface area contributed by atoms with Crippen LogP contribution in [0.25, 0.3) is 11.4 Å². The average molecular weight is 458 g/mol. The lowest BCUT2D eigenvalue weighted by molar-refractivity contribution is 0.102. The predicted octanol–water partition coefficient (Wildman–Crippen LogP) is 2.43. The molecular weight excluding hydrogens is 434 g/mol. The molecule has 0 unspecified atom stereocenters. The zero-order valence-corrected chi connectivity index (χ0v) is 18.4. The Morgan fingerprint density at radius 2 is 1.97 bits per heavy atom. The summed E-state index contributed by atoms with van der Waals surface area (Å²) in [5.74, 6) is 1.45. The van der Waals surface area contributed by atoms with E-state index >= 15 is 0 Å². The van der Waals surface area contributed by atoms with Crippen LogP contribution >= 0.6 is 0 Å². The molecule has 1 aliphatic rings. The first-order valence-electron chi connectivity index (χ1n) is 9.95. The van der Waals surface area contributed by atoms with Crippen molar-refractivity contribution in [1.82, 2.24) is 19.9 Å². The molecule has 0 atom stereocenters. The largest absolute Gasteiger partial charge is 0.497 e. The minimum atomic E-state index is -3.68. The molecule has 1 saturated carbocycles. The lowest BCUT2D eigenvalue weighted by Gasteiger charge is -2.08. The van der Waals surface area contributed by atoms with E-state index in [0.717, 1.165) is 12.8 Å². The molecule has 2 aromatic carbocycles. The Hall–Kier alpha value is -3.44. The van der Waals surface area contributed by atoms with Gasteiger partial charge in [-0.2, -0.15) is 4.98 Å². The molecule has 1 fully saturated rings. The Kier molecular flexibility index (Phi) is 6.10. The van der Waals surface area contributed by atoms with Gasteiger partial charge in [-0.3, -0.25) is 15.2 Å². The molecule has 10 nitrogen and oxygen atoms in total. The van der Waals surface area contributed by atoms with Gasteiger partial charge in [0.05, 0.1) is 24.7 Å². The van der Waals surface area contributed by atoms with Gasteiger partial charge in [-0.1, -0.05) is 6.07 Å². The molecule has 0 bridgehead atoms. The minimum Gasteiger partial charge on any atom is -0.497 e. The molecule has 1 aromatic heterocycles. The number of aromatic amines is 1. The Labute approximate surface area is 185 Å². The Morgan fingerprint density at radius 1 is 1.16 bits per heavy atom. The highest BCUT2D eigenvalue weighted by Gasteiger charge is 2.24. The van der Waals surface area contributed by atoms with Crippen LogP contribution in [0.1, 0.15) is 23.2 Å². The molecule has 1 amide bonds. The van der Waals surface area contributed by atoms with Gasteiger partial charge >= 0.3 is 0 Å². The summed E-state index contributed by atoms with van der Waals surface area (Å²) in [7, 11) is -0.600. The normalized spacial score (nSPS) is 13.6. The fourth-order valence-corrected chi connectivity index (χ4v) is 4.21. The van der Waals surface area contributed by atoms with Gasteiger partial charge in [-0.25, -0.2) is 13.1 Å². The van der Waals surface area contributed by atoms with E-state index in [1.165, 1.54) is 31.4 Å². The van der Waals surface area contributed by atoms with E-state index in [9.17, 15) is 13.2 Å². The van der Waals surface area contributed by atoms with E-state index in [0.29, 0.717) is 35.3 Å². The van der Waals surface area contributed by atoms with Crippen LogP contribution in [-0.2, 0) is 10.0 Å². The quantitative estimate of drug-likeness (QED) is 0.449. The molecule has 0 saturated heterocycles. The van der Waals surface area contributed by atoms with Crippen LogP contribution in [0.3, 0.4) is 0 Å². The summed E-state index contributed by atoms with van der Waals surface area (Å²) in [6.45, 7) is 0.410. The maximum atomic E-state index is 12.7. The number of H-pyrrole nitrogens is 1. The lowest BCUT2D eigenvalue weighted by atomic mass is 10.2. The van der Waals surface area contributed by atoms with Gasteiger partial charge in [0.25, 0.3) is 5.91 Å². The smallest absolute Gasteiger partial charge is 0.258 e. The van der Waals surface area contributed by atoms with Crippen molar-refractivity contribution in [3.63, 3.8) is 0 Å². The highest BCUT2D eigenvalue weighted by atomic mass is 32.2. The summed E-state index contributed by atoms with van der Waals surface area (Å²) in [5.41, 5.74) is 0.809. The number of carbonyl (C=O) groups is 1. The SMILES string of the molecule is COc1ccc(-c2nc(NC(=O)c3cccc(S(=O)(=O)NCC4CC4)c3)n[nH]2)c(OC)c1. The summed E-state index contributed by atoms with van der Waals surface area (Å²) in [6.07, 6.45) is 2.07. The molecule has 11 heteroatoms. The third kappa shape index (κ3) is 4.89. The fraction of sp³-hybridized carbons (Fsp3) is 0.286. The second kappa shape index (κ2) is 8.97. The van der Waals surface area contributed by atoms with Crippen LogP contribution in [0.2, 0.25) is 0 Å². The number of anilines is 1. The van der Waals surface area contributed by atoms with Crippen molar-refractivity contribution >= 4 is 21.9 Å². The van der Waals surface area contributed by atoms with Crippen molar-refractivity contribution in [2.75, 3.05) is 26.1 Å². The number of aromatic nitrogens is 3. The Balaban J connectivity index is 1.49. The first kappa shape index (κ1) is 21.8. The fourth-order valence-electron chi connectivity index (χ4n) is 3.04.